The number of piperidine rings is 1. The summed E-state index contributed by atoms with van der Waals surface area (Å²) < 4.78 is 0. The van der Waals surface area contributed by atoms with Gasteiger partial charge in [0.05, 0.1) is 0 Å². The molecule has 0 radical (unpaired) electrons. The minimum atomic E-state index is 0.711. The van der Waals surface area contributed by atoms with Gasteiger partial charge in [-0.3, -0.25) is 0 Å². The Hall–Kier alpha value is -0.120. The molecule has 2 atom stereocenters. The molecule has 0 spiro atoms. The van der Waals surface area contributed by atoms with Crippen LogP contribution in [0, 0.1) is 0 Å². The lowest BCUT2D eigenvalue weighted by atomic mass is 10.0. The SMILES string of the molecule is CC(C)N1CCCC(NCC2CCCCN2C)CC1. The van der Waals surface area contributed by atoms with Crippen molar-refractivity contribution in [2.45, 2.75) is 70.5 Å². The second-order valence-corrected chi connectivity index (χ2v) is 6.80. The van der Waals surface area contributed by atoms with Gasteiger partial charge in [-0.1, -0.05) is 6.42 Å². The van der Waals surface area contributed by atoms with Crippen LogP contribution in [0.15, 0.2) is 0 Å². The molecule has 0 bridgehead atoms. The number of nitrogens with one attached hydrogen (secondary N) is 1. The first-order valence-electron chi connectivity index (χ1n) is 8.34. The molecule has 1 N–H and O–H groups in total. The second-order valence-electron chi connectivity index (χ2n) is 6.80. The summed E-state index contributed by atoms with van der Waals surface area (Å²) in [5.74, 6) is 0. The van der Waals surface area contributed by atoms with Gasteiger partial charge >= 0.3 is 0 Å². The number of hydrogen-bond donors (Lipinski definition) is 1. The predicted molar refractivity (Wildman–Crippen MR) is 82.6 cm³/mol. The molecule has 3 heteroatoms. The van der Waals surface area contributed by atoms with Gasteiger partial charge in [0.15, 0.2) is 0 Å². The summed E-state index contributed by atoms with van der Waals surface area (Å²) >= 11 is 0. The van der Waals surface area contributed by atoms with Crippen molar-refractivity contribution in [3.05, 3.63) is 0 Å². The van der Waals surface area contributed by atoms with Crippen molar-refractivity contribution in [3.8, 4) is 0 Å². The van der Waals surface area contributed by atoms with Crippen LogP contribution >= 0.6 is 0 Å². The van der Waals surface area contributed by atoms with Gasteiger partial charge in [0.25, 0.3) is 0 Å². The molecule has 0 amide bonds. The zero-order valence-electron chi connectivity index (χ0n) is 13.2. The highest BCUT2D eigenvalue weighted by Gasteiger charge is 2.22. The van der Waals surface area contributed by atoms with Crippen molar-refractivity contribution >= 4 is 0 Å². The monoisotopic (exact) mass is 267 g/mol. The van der Waals surface area contributed by atoms with E-state index < -0.39 is 0 Å². The largest absolute Gasteiger partial charge is 0.312 e. The third-order valence-corrected chi connectivity index (χ3v) is 5.06. The molecule has 2 heterocycles. The summed E-state index contributed by atoms with van der Waals surface area (Å²) in [6.07, 6.45) is 8.24. The van der Waals surface area contributed by atoms with Crippen LogP contribution in [0.4, 0.5) is 0 Å². The van der Waals surface area contributed by atoms with E-state index in [-0.39, 0.29) is 0 Å². The molecular formula is C16H33N3. The van der Waals surface area contributed by atoms with Gasteiger partial charge in [-0.2, -0.15) is 0 Å². The summed E-state index contributed by atoms with van der Waals surface area (Å²) in [6, 6.07) is 2.24. The van der Waals surface area contributed by atoms with Crippen LogP contribution < -0.4 is 5.32 Å². The van der Waals surface area contributed by atoms with Crippen LogP contribution in [0.25, 0.3) is 0 Å². The van der Waals surface area contributed by atoms with Crippen LogP contribution in [0.1, 0.15) is 52.4 Å². The van der Waals surface area contributed by atoms with Gasteiger partial charge in [0.1, 0.15) is 0 Å². The maximum atomic E-state index is 3.85. The molecular weight excluding hydrogens is 234 g/mol. The van der Waals surface area contributed by atoms with Crippen LogP contribution in [-0.2, 0) is 0 Å². The number of hydrogen-bond acceptors (Lipinski definition) is 3. The van der Waals surface area contributed by atoms with Crippen molar-refractivity contribution in [3.63, 3.8) is 0 Å². The second kappa shape index (κ2) is 7.61. The number of nitrogens with zero attached hydrogens (tertiary/aromatic N) is 2. The number of likely N-dealkylation sites (tertiary alicyclic amines) is 2. The molecule has 2 aliphatic heterocycles. The van der Waals surface area contributed by atoms with E-state index in [4.69, 9.17) is 0 Å². The molecule has 0 saturated carbocycles. The molecule has 2 saturated heterocycles. The molecule has 2 unspecified atom stereocenters. The minimum Gasteiger partial charge on any atom is -0.312 e. The minimum absolute atomic E-state index is 0.711. The maximum Gasteiger partial charge on any atom is 0.0217 e. The Morgan fingerprint density at radius 1 is 1.00 bits per heavy atom. The Balaban J connectivity index is 1.71. The van der Waals surface area contributed by atoms with E-state index in [1.165, 1.54) is 64.7 Å². The first kappa shape index (κ1) is 15.3. The van der Waals surface area contributed by atoms with Gasteiger partial charge in [0.2, 0.25) is 0 Å². The summed E-state index contributed by atoms with van der Waals surface area (Å²) in [5, 5.41) is 3.85. The first-order valence-corrected chi connectivity index (χ1v) is 8.34. The lowest BCUT2D eigenvalue weighted by molar-refractivity contribution is 0.175. The lowest BCUT2D eigenvalue weighted by Gasteiger charge is -2.33. The fraction of sp³-hybridized carbons (Fsp3) is 1.00. The first-order chi connectivity index (χ1) is 9.16. The van der Waals surface area contributed by atoms with Gasteiger partial charge in [-0.25, -0.2) is 0 Å². The van der Waals surface area contributed by atoms with E-state index in [0.717, 1.165) is 12.1 Å². The third kappa shape index (κ3) is 4.73. The molecule has 2 fully saturated rings. The Morgan fingerprint density at radius 2 is 1.84 bits per heavy atom. The lowest BCUT2D eigenvalue weighted by Crippen LogP contribution is -2.45. The van der Waals surface area contributed by atoms with Crippen molar-refractivity contribution in [2.24, 2.45) is 0 Å². The fourth-order valence-corrected chi connectivity index (χ4v) is 3.54. The van der Waals surface area contributed by atoms with E-state index in [1.807, 2.05) is 0 Å². The highest BCUT2D eigenvalue weighted by Crippen LogP contribution is 2.16. The topological polar surface area (TPSA) is 18.5 Å². The number of rotatable bonds is 4. The number of likely N-dealkylation sites (N-methyl/N-ethyl adjacent to an activating group) is 1. The zero-order chi connectivity index (χ0) is 13.7. The Bertz CT molecular complexity index is 254. The maximum absolute atomic E-state index is 3.85. The highest BCUT2D eigenvalue weighted by molar-refractivity contribution is 4.81. The molecule has 2 rings (SSSR count). The predicted octanol–water partition coefficient (Wildman–Crippen LogP) is 2.32. The van der Waals surface area contributed by atoms with E-state index in [9.17, 15) is 0 Å². The van der Waals surface area contributed by atoms with Gasteiger partial charge in [-0.15, -0.1) is 0 Å². The summed E-state index contributed by atoms with van der Waals surface area (Å²) in [7, 11) is 2.29. The average molecular weight is 267 g/mol. The molecule has 19 heavy (non-hydrogen) atoms. The van der Waals surface area contributed by atoms with Crippen molar-refractivity contribution in [2.75, 3.05) is 33.2 Å². The highest BCUT2D eigenvalue weighted by atomic mass is 15.2. The van der Waals surface area contributed by atoms with Crippen LogP contribution in [0.2, 0.25) is 0 Å². The standard InChI is InChI=1S/C16H33N3/c1-14(2)19-11-6-7-15(9-12-19)17-13-16-8-4-5-10-18(16)3/h14-17H,4-13H2,1-3H3. The summed E-state index contributed by atoms with van der Waals surface area (Å²) in [6.45, 7) is 9.70. The van der Waals surface area contributed by atoms with Gasteiger partial charge < -0.3 is 15.1 Å². The smallest absolute Gasteiger partial charge is 0.0217 e. The Kier molecular flexibility index (Phi) is 6.11. The zero-order valence-corrected chi connectivity index (χ0v) is 13.2. The molecule has 0 aromatic rings. The fourth-order valence-electron chi connectivity index (χ4n) is 3.54. The van der Waals surface area contributed by atoms with E-state index in [0.29, 0.717) is 6.04 Å². The van der Waals surface area contributed by atoms with E-state index in [1.54, 1.807) is 0 Å². The van der Waals surface area contributed by atoms with Crippen LogP contribution in [0.5, 0.6) is 0 Å². The molecule has 0 aliphatic carbocycles. The molecule has 0 aromatic carbocycles. The molecule has 0 aromatic heterocycles. The van der Waals surface area contributed by atoms with Crippen molar-refractivity contribution in [1.29, 1.82) is 0 Å². The van der Waals surface area contributed by atoms with Crippen molar-refractivity contribution in [1.82, 2.24) is 15.1 Å². The van der Waals surface area contributed by atoms with E-state index >= 15 is 0 Å². The molecule has 2 aliphatic rings. The van der Waals surface area contributed by atoms with Crippen LogP contribution in [-0.4, -0.2) is 61.2 Å². The average Bonchev–Trinajstić information content (AvgIpc) is 2.63. The van der Waals surface area contributed by atoms with Crippen LogP contribution in [0.3, 0.4) is 0 Å². The Morgan fingerprint density at radius 3 is 2.58 bits per heavy atom. The van der Waals surface area contributed by atoms with Gasteiger partial charge in [-0.05, 0) is 72.6 Å². The quantitative estimate of drug-likeness (QED) is 0.843. The molecule has 3 nitrogen and oxygen atoms in total. The van der Waals surface area contributed by atoms with Crippen molar-refractivity contribution < 1.29 is 0 Å². The summed E-state index contributed by atoms with van der Waals surface area (Å²) in [4.78, 5) is 5.18. The van der Waals surface area contributed by atoms with E-state index in [2.05, 4.69) is 36.0 Å². The normalized spacial score (nSPS) is 31.6. The van der Waals surface area contributed by atoms with Gasteiger partial charge in [0, 0.05) is 24.7 Å². The molecule has 112 valence electrons. The summed E-state index contributed by atoms with van der Waals surface area (Å²) in [5.41, 5.74) is 0. The third-order valence-electron chi connectivity index (χ3n) is 5.06. The Labute approximate surface area is 119 Å².